The third kappa shape index (κ3) is 11.0. The molecule has 0 aromatic heterocycles. The summed E-state index contributed by atoms with van der Waals surface area (Å²) in [6.07, 6.45) is 33.6. The number of aromatic hydroxyl groups is 2. The zero-order valence-electron chi connectivity index (χ0n) is 27.4. The van der Waals surface area contributed by atoms with Crippen LogP contribution in [0.5, 0.6) is 11.5 Å². The van der Waals surface area contributed by atoms with Crippen molar-refractivity contribution in [2.24, 2.45) is 0 Å². The molecule has 0 unspecified atom stereocenters. The molecule has 0 amide bonds. The van der Waals surface area contributed by atoms with Gasteiger partial charge in [-0.25, -0.2) is 0 Å². The molecule has 0 bridgehead atoms. The van der Waals surface area contributed by atoms with Gasteiger partial charge in [0.2, 0.25) is 0 Å². The molecule has 0 spiro atoms. The summed E-state index contributed by atoms with van der Waals surface area (Å²) < 4.78 is 0. The van der Waals surface area contributed by atoms with Crippen molar-refractivity contribution in [2.75, 3.05) is 0 Å². The summed E-state index contributed by atoms with van der Waals surface area (Å²) in [5.74, 6) is 0.983. The van der Waals surface area contributed by atoms with Crippen molar-refractivity contribution >= 4 is 0 Å². The zero-order valence-corrected chi connectivity index (χ0v) is 27.4. The predicted octanol–water partition coefficient (Wildman–Crippen LogP) is 11.9. The lowest BCUT2D eigenvalue weighted by Gasteiger charge is -2.12. The monoisotopic (exact) mass is 582 g/mol. The number of hydrogen-bond donors (Lipinski definition) is 2. The van der Waals surface area contributed by atoms with E-state index in [1.165, 1.54) is 127 Å². The van der Waals surface area contributed by atoms with E-state index in [1.807, 2.05) is 6.07 Å². The van der Waals surface area contributed by atoms with Crippen molar-refractivity contribution in [3.63, 3.8) is 0 Å². The lowest BCUT2D eigenvalue weighted by atomic mass is 9.95. The highest BCUT2D eigenvalue weighted by Gasteiger charge is 2.12. The first-order valence-electron chi connectivity index (χ1n) is 17.6. The van der Waals surface area contributed by atoms with Crippen LogP contribution in [0.2, 0.25) is 0 Å². The van der Waals surface area contributed by atoms with Crippen LogP contribution in [0.3, 0.4) is 0 Å². The van der Waals surface area contributed by atoms with Crippen LogP contribution < -0.4 is 0 Å². The third-order valence-electron chi connectivity index (χ3n) is 10.0. The largest absolute Gasteiger partial charge is 0.508 e. The fourth-order valence-electron chi connectivity index (χ4n) is 7.07. The minimum atomic E-state index is 0.440. The molecule has 0 radical (unpaired) electrons. The number of phenolic OH excluding ortho intramolecular Hbond substituents is 2. The summed E-state index contributed by atoms with van der Waals surface area (Å²) in [6, 6.07) is 10.1. The van der Waals surface area contributed by atoms with Gasteiger partial charge < -0.3 is 10.2 Å². The predicted molar refractivity (Wildman–Crippen MR) is 184 cm³/mol. The molecule has 0 aliphatic heterocycles. The molecule has 3 fully saturated rings. The Kier molecular flexibility index (Phi) is 14.0. The molecule has 3 aliphatic rings. The van der Waals surface area contributed by atoms with Crippen LogP contribution in [0.1, 0.15) is 143 Å². The van der Waals surface area contributed by atoms with Gasteiger partial charge in [-0.3, -0.25) is 0 Å². The molecule has 2 aromatic rings. The third-order valence-corrected chi connectivity index (χ3v) is 10.0. The summed E-state index contributed by atoms with van der Waals surface area (Å²) in [7, 11) is 0. The van der Waals surface area contributed by atoms with Gasteiger partial charge in [-0.05, 0) is 133 Å². The number of benzene rings is 2. The van der Waals surface area contributed by atoms with Crippen LogP contribution in [-0.2, 0) is 19.3 Å². The van der Waals surface area contributed by atoms with Crippen LogP contribution >= 0.6 is 0 Å². The molecule has 2 nitrogen and oxygen atoms in total. The Morgan fingerprint density at radius 1 is 0.488 bits per heavy atom. The molecule has 2 heteroatoms. The SMILES string of the molecule is Cc1ccc(CC=C2CCCCCC2)c(O)c1CC=C1CCCCCC1.Cc1cccc(O)c1CC=C1CCCCCC1. The molecule has 5 rings (SSSR count). The highest BCUT2D eigenvalue weighted by Crippen LogP contribution is 2.31. The first-order chi connectivity index (χ1) is 21.0. The summed E-state index contributed by atoms with van der Waals surface area (Å²) in [5, 5.41) is 20.7. The molecule has 234 valence electrons. The van der Waals surface area contributed by atoms with E-state index in [0.29, 0.717) is 11.5 Å². The number of hydrogen-bond acceptors (Lipinski definition) is 2. The maximum absolute atomic E-state index is 10.9. The molecule has 0 atom stereocenters. The zero-order chi connectivity index (χ0) is 30.3. The smallest absolute Gasteiger partial charge is 0.122 e. The fraction of sp³-hybridized carbons (Fsp3) is 0.561. The number of aryl methyl sites for hydroxylation is 2. The maximum Gasteiger partial charge on any atom is 0.122 e. The molecular weight excluding hydrogens is 524 g/mol. The molecule has 0 saturated heterocycles. The van der Waals surface area contributed by atoms with Crippen molar-refractivity contribution in [2.45, 2.75) is 149 Å². The Bertz CT molecular complexity index is 1190. The number of phenols is 2. The summed E-state index contributed by atoms with van der Waals surface area (Å²) in [6.45, 7) is 4.20. The maximum atomic E-state index is 10.9. The van der Waals surface area contributed by atoms with Crippen molar-refractivity contribution < 1.29 is 10.2 Å². The summed E-state index contributed by atoms with van der Waals surface area (Å²) in [4.78, 5) is 0. The lowest BCUT2D eigenvalue weighted by molar-refractivity contribution is 0.463. The first-order valence-corrected chi connectivity index (χ1v) is 17.6. The fourth-order valence-corrected chi connectivity index (χ4v) is 7.07. The van der Waals surface area contributed by atoms with Crippen molar-refractivity contribution in [3.05, 3.63) is 93.1 Å². The van der Waals surface area contributed by atoms with Crippen LogP contribution in [0, 0.1) is 13.8 Å². The van der Waals surface area contributed by atoms with E-state index in [4.69, 9.17) is 0 Å². The Labute approximate surface area is 263 Å². The quantitative estimate of drug-likeness (QED) is 0.263. The topological polar surface area (TPSA) is 40.5 Å². The van der Waals surface area contributed by atoms with E-state index >= 15 is 0 Å². The normalized spacial score (nSPS) is 18.0. The standard InChI is InChI=1S/C25H36O.C16H22O/c1-20-14-17-23(18-15-21-10-6-2-3-7-11-21)25(26)24(20)19-16-22-12-8-4-5-9-13-22;1-13-7-6-10-16(17)15(13)12-11-14-8-4-2-3-5-9-14/h14-17,26H,2-13,18-19H2,1H3;6-7,10-11,17H,2-5,8-9,12H2,1H3. The van der Waals surface area contributed by atoms with Gasteiger partial charge in [0.1, 0.15) is 11.5 Å². The molecule has 2 aromatic carbocycles. The second kappa shape index (κ2) is 18.2. The van der Waals surface area contributed by atoms with E-state index in [1.54, 1.807) is 22.8 Å². The highest BCUT2D eigenvalue weighted by molar-refractivity contribution is 5.47. The van der Waals surface area contributed by atoms with Crippen LogP contribution in [0.15, 0.2) is 65.3 Å². The lowest BCUT2D eigenvalue weighted by Crippen LogP contribution is -1.95. The minimum absolute atomic E-state index is 0.440. The van der Waals surface area contributed by atoms with Gasteiger partial charge in [-0.2, -0.15) is 0 Å². The minimum Gasteiger partial charge on any atom is -0.508 e. The van der Waals surface area contributed by atoms with E-state index in [0.717, 1.165) is 36.0 Å². The van der Waals surface area contributed by atoms with Gasteiger partial charge in [-0.1, -0.05) is 97.7 Å². The summed E-state index contributed by atoms with van der Waals surface area (Å²) >= 11 is 0. The Morgan fingerprint density at radius 2 is 0.907 bits per heavy atom. The average molecular weight is 583 g/mol. The molecule has 3 saturated carbocycles. The molecule has 0 heterocycles. The van der Waals surface area contributed by atoms with Crippen LogP contribution in [-0.4, -0.2) is 10.2 Å². The average Bonchev–Trinajstić information content (AvgIpc) is 3.54. The van der Waals surface area contributed by atoms with Gasteiger partial charge in [0.05, 0.1) is 0 Å². The second-order valence-electron chi connectivity index (χ2n) is 13.4. The molecule has 43 heavy (non-hydrogen) atoms. The first kappa shape index (κ1) is 33.2. The Morgan fingerprint density at radius 3 is 1.37 bits per heavy atom. The second-order valence-corrected chi connectivity index (χ2v) is 13.4. The Hall–Kier alpha value is -2.74. The van der Waals surface area contributed by atoms with E-state index < -0.39 is 0 Å². The molecular formula is C41H58O2. The van der Waals surface area contributed by atoms with E-state index in [2.05, 4.69) is 50.3 Å². The molecule has 2 N–H and O–H groups in total. The van der Waals surface area contributed by atoms with Crippen LogP contribution in [0.25, 0.3) is 0 Å². The summed E-state index contributed by atoms with van der Waals surface area (Å²) in [5.41, 5.74) is 10.5. The van der Waals surface area contributed by atoms with Gasteiger partial charge in [0, 0.05) is 11.1 Å². The van der Waals surface area contributed by atoms with Gasteiger partial charge in [0.25, 0.3) is 0 Å². The number of allylic oxidation sites excluding steroid dienone is 6. The van der Waals surface area contributed by atoms with Gasteiger partial charge in [0.15, 0.2) is 0 Å². The number of rotatable bonds is 6. The molecule has 3 aliphatic carbocycles. The van der Waals surface area contributed by atoms with Crippen molar-refractivity contribution in [1.82, 2.24) is 0 Å². The Balaban J connectivity index is 0.000000215. The van der Waals surface area contributed by atoms with E-state index in [-0.39, 0.29) is 0 Å². The van der Waals surface area contributed by atoms with E-state index in [9.17, 15) is 10.2 Å². The van der Waals surface area contributed by atoms with Crippen molar-refractivity contribution in [3.8, 4) is 11.5 Å². The van der Waals surface area contributed by atoms with Gasteiger partial charge >= 0.3 is 0 Å². The van der Waals surface area contributed by atoms with Gasteiger partial charge in [-0.15, -0.1) is 0 Å². The highest BCUT2D eigenvalue weighted by atomic mass is 16.3. The van der Waals surface area contributed by atoms with Crippen LogP contribution in [0.4, 0.5) is 0 Å². The van der Waals surface area contributed by atoms with Crippen molar-refractivity contribution in [1.29, 1.82) is 0 Å².